The summed E-state index contributed by atoms with van der Waals surface area (Å²) < 4.78 is 2.00. The molecule has 3 rings (SSSR count). The Kier molecular flexibility index (Phi) is 6.99. The number of thiazole rings is 1. The van der Waals surface area contributed by atoms with E-state index in [-0.39, 0.29) is 5.91 Å². The van der Waals surface area contributed by atoms with Crippen molar-refractivity contribution < 1.29 is 4.79 Å². The molecule has 2 aromatic heterocycles. The second-order valence-corrected chi connectivity index (χ2v) is 9.87. The molecule has 8 heteroatoms. The first-order chi connectivity index (χ1) is 13.3. The highest BCUT2D eigenvalue weighted by atomic mass is 35.5. The number of rotatable bonds is 7. The fourth-order valence-electron chi connectivity index (χ4n) is 3.03. The van der Waals surface area contributed by atoms with Crippen LogP contribution < -0.4 is 4.90 Å². The molecule has 1 aromatic carbocycles. The second kappa shape index (κ2) is 9.09. The maximum Gasteiger partial charge on any atom is 0.262 e. The lowest BCUT2D eigenvalue weighted by atomic mass is 10.1. The third-order valence-electron chi connectivity index (χ3n) is 4.97. The molecule has 1 amide bonds. The van der Waals surface area contributed by atoms with Crippen LogP contribution in [0.5, 0.6) is 0 Å². The molecule has 0 atom stereocenters. The van der Waals surface area contributed by atoms with Crippen molar-refractivity contribution in [3.8, 4) is 0 Å². The Bertz CT molecular complexity index is 995. The zero-order valence-electron chi connectivity index (χ0n) is 16.4. The smallest absolute Gasteiger partial charge is 0.262 e. The van der Waals surface area contributed by atoms with Crippen LogP contribution in [0.25, 0.3) is 10.2 Å². The van der Waals surface area contributed by atoms with Gasteiger partial charge in [0.2, 0.25) is 0 Å². The van der Waals surface area contributed by atoms with Crippen LogP contribution in [0.1, 0.15) is 35.3 Å². The number of carbonyl (C=O) groups excluding carboxylic acids is 1. The second-order valence-electron chi connectivity index (χ2n) is 6.57. The molecule has 0 saturated heterocycles. The fourth-order valence-corrected chi connectivity index (χ4v) is 5.52. The van der Waals surface area contributed by atoms with E-state index >= 15 is 0 Å². The molecular formula is C20H23Cl2N3OS2. The Labute approximate surface area is 183 Å². The molecule has 0 radical (unpaired) electrons. The number of hydrogen-bond acceptors (Lipinski definition) is 5. The third-order valence-corrected chi connectivity index (χ3v) is 7.50. The fraction of sp³-hybridized carbons (Fsp3) is 0.400. The number of benzene rings is 1. The van der Waals surface area contributed by atoms with Gasteiger partial charge in [0.25, 0.3) is 5.91 Å². The SMILES string of the molecule is CCN(CC)CCN(C(=O)c1cc(Cl)sc1Cl)c1nc2c(C)c(C)ccc2s1. The number of thiophene rings is 1. The number of aryl methyl sites for hydroxylation is 2. The number of aromatic nitrogens is 1. The predicted molar refractivity (Wildman–Crippen MR) is 123 cm³/mol. The molecule has 0 saturated carbocycles. The van der Waals surface area contributed by atoms with E-state index in [0.717, 1.165) is 35.4 Å². The number of nitrogens with zero attached hydrogens (tertiary/aromatic N) is 3. The van der Waals surface area contributed by atoms with Gasteiger partial charge in [-0.15, -0.1) is 11.3 Å². The van der Waals surface area contributed by atoms with Crippen molar-refractivity contribution >= 4 is 67.1 Å². The van der Waals surface area contributed by atoms with Gasteiger partial charge < -0.3 is 4.90 Å². The minimum atomic E-state index is -0.159. The summed E-state index contributed by atoms with van der Waals surface area (Å²) in [7, 11) is 0. The van der Waals surface area contributed by atoms with Gasteiger partial charge in [-0.1, -0.05) is 54.5 Å². The molecule has 0 fully saturated rings. The first-order valence-electron chi connectivity index (χ1n) is 9.21. The van der Waals surface area contributed by atoms with Crippen molar-refractivity contribution in [2.75, 3.05) is 31.1 Å². The van der Waals surface area contributed by atoms with Gasteiger partial charge in [-0.25, -0.2) is 4.98 Å². The topological polar surface area (TPSA) is 36.4 Å². The Hall–Kier alpha value is -1.18. The summed E-state index contributed by atoms with van der Waals surface area (Å²) in [6.45, 7) is 11.6. The summed E-state index contributed by atoms with van der Waals surface area (Å²) in [5, 5.41) is 0.694. The normalized spacial score (nSPS) is 11.5. The van der Waals surface area contributed by atoms with E-state index in [2.05, 4.69) is 44.7 Å². The lowest BCUT2D eigenvalue weighted by molar-refractivity contribution is 0.0984. The van der Waals surface area contributed by atoms with E-state index in [1.165, 1.54) is 28.2 Å². The Morgan fingerprint density at radius 1 is 1.11 bits per heavy atom. The summed E-state index contributed by atoms with van der Waals surface area (Å²) in [4.78, 5) is 22.2. The zero-order chi connectivity index (χ0) is 20.4. The maximum atomic E-state index is 13.3. The van der Waals surface area contributed by atoms with Gasteiger partial charge in [-0.05, 0) is 50.2 Å². The predicted octanol–water partition coefficient (Wildman–Crippen LogP) is 6.27. The van der Waals surface area contributed by atoms with Crippen LogP contribution in [-0.4, -0.2) is 42.0 Å². The van der Waals surface area contributed by atoms with Crippen molar-refractivity contribution in [1.29, 1.82) is 0 Å². The van der Waals surface area contributed by atoms with Gasteiger partial charge in [0.1, 0.15) is 4.34 Å². The van der Waals surface area contributed by atoms with E-state index in [1.54, 1.807) is 11.0 Å². The molecule has 0 aliphatic heterocycles. The molecule has 2 heterocycles. The monoisotopic (exact) mass is 455 g/mol. The third kappa shape index (κ3) is 4.36. The lowest BCUT2D eigenvalue weighted by Crippen LogP contribution is -2.38. The Balaban J connectivity index is 2.01. The van der Waals surface area contributed by atoms with Crippen LogP contribution in [0, 0.1) is 13.8 Å². The molecule has 0 bridgehead atoms. The summed E-state index contributed by atoms with van der Waals surface area (Å²) in [5.41, 5.74) is 3.73. The molecule has 3 aromatic rings. The average molecular weight is 456 g/mol. The number of hydrogen-bond donors (Lipinski definition) is 0. The van der Waals surface area contributed by atoms with Crippen molar-refractivity contribution in [3.05, 3.63) is 43.6 Å². The molecule has 0 aliphatic carbocycles. The van der Waals surface area contributed by atoms with Crippen LogP contribution in [0.4, 0.5) is 5.13 Å². The van der Waals surface area contributed by atoms with E-state index < -0.39 is 0 Å². The van der Waals surface area contributed by atoms with Crippen LogP contribution in [0.15, 0.2) is 18.2 Å². The number of fused-ring (bicyclic) bond motifs is 1. The minimum absolute atomic E-state index is 0.159. The average Bonchev–Trinajstić information content (AvgIpc) is 3.24. The van der Waals surface area contributed by atoms with Crippen molar-refractivity contribution in [2.24, 2.45) is 0 Å². The maximum absolute atomic E-state index is 13.3. The molecule has 150 valence electrons. The highest BCUT2D eigenvalue weighted by molar-refractivity contribution is 7.22. The standard InChI is InChI=1S/C20H23Cl2N3OS2/c1-5-24(6-2)9-10-25(19(26)14-11-16(21)28-18(14)22)20-23-17-13(4)12(3)7-8-15(17)27-20/h7-8,11H,5-6,9-10H2,1-4H3. The van der Waals surface area contributed by atoms with Gasteiger partial charge in [-0.2, -0.15) is 0 Å². The summed E-state index contributed by atoms with van der Waals surface area (Å²) >= 11 is 15.1. The molecule has 0 aliphatic rings. The van der Waals surface area contributed by atoms with E-state index in [9.17, 15) is 4.79 Å². The quantitative estimate of drug-likeness (QED) is 0.420. The number of likely N-dealkylation sites (N-methyl/N-ethyl adjacent to an activating group) is 1. The van der Waals surface area contributed by atoms with Crippen molar-refractivity contribution in [3.63, 3.8) is 0 Å². The van der Waals surface area contributed by atoms with Gasteiger partial charge in [0, 0.05) is 13.1 Å². The van der Waals surface area contributed by atoms with Crippen LogP contribution in [-0.2, 0) is 0 Å². The van der Waals surface area contributed by atoms with Gasteiger partial charge in [0.15, 0.2) is 5.13 Å². The summed E-state index contributed by atoms with van der Waals surface area (Å²) in [6.07, 6.45) is 0. The number of carbonyl (C=O) groups is 1. The lowest BCUT2D eigenvalue weighted by Gasteiger charge is -2.24. The zero-order valence-corrected chi connectivity index (χ0v) is 19.5. The van der Waals surface area contributed by atoms with Gasteiger partial charge in [0.05, 0.1) is 20.1 Å². The first-order valence-corrected chi connectivity index (χ1v) is 11.6. The van der Waals surface area contributed by atoms with Crippen molar-refractivity contribution in [2.45, 2.75) is 27.7 Å². The van der Waals surface area contributed by atoms with Crippen molar-refractivity contribution in [1.82, 2.24) is 9.88 Å². The van der Waals surface area contributed by atoms with Crippen LogP contribution in [0.3, 0.4) is 0 Å². The molecule has 0 unspecified atom stereocenters. The van der Waals surface area contributed by atoms with Crippen LogP contribution in [0.2, 0.25) is 8.67 Å². The van der Waals surface area contributed by atoms with E-state index in [4.69, 9.17) is 28.2 Å². The summed E-state index contributed by atoms with van der Waals surface area (Å²) in [6, 6.07) is 5.81. The molecule has 4 nitrogen and oxygen atoms in total. The Morgan fingerprint density at radius 3 is 2.43 bits per heavy atom. The van der Waals surface area contributed by atoms with Crippen LogP contribution >= 0.6 is 45.9 Å². The number of halogens is 2. The van der Waals surface area contributed by atoms with Gasteiger partial charge >= 0.3 is 0 Å². The molecule has 28 heavy (non-hydrogen) atoms. The molecular weight excluding hydrogens is 433 g/mol. The van der Waals surface area contributed by atoms with E-state index in [0.29, 0.717) is 25.9 Å². The van der Waals surface area contributed by atoms with Gasteiger partial charge in [-0.3, -0.25) is 9.69 Å². The highest BCUT2D eigenvalue weighted by Crippen LogP contribution is 2.36. The van der Waals surface area contributed by atoms with E-state index in [1.807, 2.05) is 0 Å². The highest BCUT2D eigenvalue weighted by Gasteiger charge is 2.25. The number of amides is 1. The largest absolute Gasteiger partial charge is 0.302 e. The molecule has 0 N–H and O–H groups in total. The Morgan fingerprint density at radius 2 is 1.82 bits per heavy atom. The first kappa shape index (κ1) is 21.5. The molecule has 0 spiro atoms. The summed E-state index contributed by atoms with van der Waals surface area (Å²) in [5.74, 6) is -0.159. The number of anilines is 1. The minimum Gasteiger partial charge on any atom is -0.302 e.